The maximum absolute atomic E-state index is 12.2. The summed E-state index contributed by atoms with van der Waals surface area (Å²) in [6.07, 6.45) is 16.5. The van der Waals surface area contributed by atoms with E-state index in [-0.39, 0.29) is 5.75 Å². The summed E-state index contributed by atoms with van der Waals surface area (Å²) in [5.41, 5.74) is 4.09. The van der Waals surface area contributed by atoms with E-state index in [0.717, 1.165) is 28.9 Å². The van der Waals surface area contributed by atoms with Crippen LogP contribution >= 0.6 is 0 Å². The molecule has 0 aliphatic carbocycles. The standard InChI is InChI=1S/C27H30F2N2O/c1-2-3-4-5-6-7-8-23-19-30-26(31-20-23)24-15-11-21(12-16-24)9-10-22-13-17-25(18-14-22)32-27(28)29/h9-20,27H,2-8H2,1H3/b10-9+. The number of ether oxygens (including phenoxy) is 1. The van der Waals surface area contributed by atoms with Gasteiger partial charge >= 0.3 is 6.61 Å². The first-order valence-electron chi connectivity index (χ1n) is 11.3. The van der Waals surface area contributed by atoms with Crippen LogP contribution in [0.25, 0.3) is 23.5 Å². The van der Waals surface area contributed by atoms with E-state index < -0.39 is 6.61 Å². The molecule has 0 unspecified atom stereocenters. The highest BCUT2D eigenvalue weighted by Gasteiger charge is 2.04. The first-order chi connectivity index (χ1) is 15.6. The largest absolute Gasteiger partial charge is 0.435 e. The number of rotatable bonds is 12. The van der Waals surface area contributed by atoms with Crippen molar-refractivity contribution in [3.8, 4) is 17.1 Å². The number of nitrogens with zero attached hydrogens (tertiary/aromatic N) is 2. The van der Waals surface area contributed by atoms with Gasteiger partial charge in [0.25, 0.3) is 0 Å². The Labute approximate surface area is 189 Å². The van der Waals surface area contributed by atoms with Crippen molar-refractivity contribution in [2.45, 2.75) is 58.5 Å². The lowest BCUT2D eigenvalue weighted by atomic mass is 10.1. The summed E-state index contributed by atoms with van der Waals surface area (Å²) in [7, 11) is 0. The molecule has 0 aliphatic heterocycles. The molecule has 3 aromatic rings. The van der Waals surface area contributed by atoms with Gasteiger partial charge in [0, 0.05) is 18.0 Å². The second-order valence-electron chi connectivity index (χ2n) is 7.84. The van der Waals surface area contributed by atoms with Gasteiger partial charge in [-0.3, -0.25) is 0 Å². The van der Waals surface area contributed by atoms with Gasteiger partial charge in [-0.15, -0.1) is 0 Å². The second-order valence-corrected chi connectivity index (χ2v) is 7.84. The first kappa shape index (κ1) is 23.6. The van der Waals surface area contributed by atoms with Crippen LogP contribution in [0.5, 0.6) is 5.75 Å². The van der Waals surface area contributed by atoms with Crippen molar-refractivity contribution in [2.75, 3.05) is 0 Å². The third kappa shape index (κ3) is 7.88. The molecule has 5 heteroatoms. The van der Waals surface area contributed by atoms with Crippen molar-refractivity contribution in [2.24, 2.45) is 0 Å². The van der Waals surface area contributed by atoms with E-state index in [4.69, 9.17) is 0 Å². The molecule has 3 nitrogen and oxygen atoms in total. The molecule has 0 atom stereocenters. The zero-order valence-corrected chi connectivity index (χ0v) is 18.5. The zero-order chi connectivity index (χ0) is 22.6. The Morgan fingerprint density at radius 3 is 1.94 bits per heavy atom. The van der Waals surface area contributed by atoms with Gasteiger partial charge in [-0.1, -0.05) is 87.6 Å². The molecule has 1 aromatic heterocycles. The first-order valence-corrected chi connectivity index (χ1v) is 11.3. The number of halogens is 2. The number of unbranched alkanes of at least 4 members (excludes halogenated alkanes) is 5. The topological polar surface area (TPSA) is 35.0 Å². The van der Waals surface area contributed by atoms with Gasteiger partial charge in [0.1, 0.15) is 5.75 Å². The molecule has 0 aliphatic rings. The number of aromatic nitrogens is 2. The fraction of sp³-hybridized carbons (Fsp3) is 0.333. The van der Waals surface area contributed by atoms with E-state index in [1.165, 1.54) is 56.2 Å². The highest BCUT2D eigenvalue weighted by molar-refractivity contribution is 5.71. The van der Waals surface area contributed by atoms with Crippen LogP contribution in [0.1, 0.15) is 62.1 Å². The van der Waals surface area contributed by atoms with E-state index >= 15 is 0 Å². The van der Waals surface area contributed by atoms with Gasteiger partial charge in [-0.2, -0.15) is 8.78 Å². The average Bonchev–Trinajstić information content (AvgIpc) is 2.81. The Balaban J connectivity index is 1.51. The summed E-state index contributed by atoms with van der Waals surface area (Å²) >= 11 is 0. The Morgan fingerprint density at radius 2 is 1.34 bits per heavy atom. The van der Waals surface area contributed by atoms with Crippen LogP contribution in [0.2, 0.25) is 0 Å². The van der Waals surface area contributed by atoms with E-state index in [9.17, 15) is 8.78 Å². The average molecular weight is 437 g/mol. The van der Waals surface area contributed by atoms with E-state index in [1.54, 1.807) is 12.1 Å². The molecule has 0 radical (unpaired) electrons. The van der Waals surface area contributed by atoms with Crippen LogP contribution in [-0.2, 0) is 6.42 Å². The van der Waals surface area contributed by atoms with Crippen molar-refractivity contribution in [3.63, 3.8) is 0 Å². The molecule has 3 rings (SSSR count). The number of alkyl halides is 2. The molecular weight excluding hydrogens is 406 g/mol. The summed E-state index contributed by atoms with van der Waals surface area (Å²) in [5.74, 6) is 0.876. The van der Waals surface area contributed by atoms with Crippen molar-refractivity contribution in [1.29, 1.82) is 0 Å². The van der Waals surface area contributed by atoms with E-state index in [1.807, 2.05) is 48.8 Å². The predicted octanol–water partition coefficient (Wildman–Crippen LogP) is 7.82. The van der Waals surface area contributed by atoms with Crippen LogP contribution in [0.3, 0.4) is 0 Å². The summed E-state index contributed by atoms with van der Waals surface area (Å²) in [5, 5.41) is 0. The molecule has 0 N–H and O–H groups in total. The normalized spacial score (nSPS) is 11.4. The van der Waals surface area contributed by atoms with Gasteiger partial charge < -0.3 is 4.74 Å². The lowest BCUT2D eigenvalue weighted by Crippen LogP contribution is -2.01. The zero-order valence-electron chi connectivity index (χ0n) is 18.5. The van der Waals surface area contributed by atoms with Gasteiger partial charge in [0.2, 0.25) is 0 Å². The smallest absolute Gasteiger partial charge is 0.387 e. The van der Waals surface area contributed by atoms with Crippen molar-refractivity contribution in [3.05, 3.63) is 77.6 Å². The van der Waals surface area contributed by atoms with Gasteiger partial charge in [0.15, 0.2) is 5.82 Å². The monoisotopic (exact) mass is 436 g/mol. The quantitative estimate of drug-likeness (QED) is 0.214. The number of hydrogen-bond donors (Lipinski definition) is 0. The Bertz CT molecular complexity index is 952. The lowest BCUT2D eigenvalue weighted by Gasteiger charge is -2.04. The minimum Gasteiger partial charge on any atom is -0.435 e. The maximum Gasteiger partial charge on any atom is 0.387 e. The second kappa shape index (κ2) is 12.7. The molecule has 2 aromatic carbocycles. The minimum atomic E-state index is -2.81. The van der Waals surface area contributed by atoms with E-state index in [2.05, 4.69) is 21.6 Å². The number of aryl methyl sites for hydroxylation is 1. The Morgan fingerprint density at radius 1 is 0.781 bits per heavy atom. The Hall–Kier alpha value is -3.08. The highest BCUT2D eigenvalue weighted by atomic mass is 19.3. The SMILES string of the molecule is CCCCCCCCc1cnc(-c2ccc(/C=C/c3ccc(OC(F)F)cc3)cc2)nc1. The summed E-state index contributed by atoms with van der Waals surface area (Å²) in [4.78, 5) is 9.07. The Kier molecular flexibility index (Phi) is 9.36. The van der Waals surface area contributed by atoms with Crippen LogP contribution < -0.4 is 4.74 Å². The minimum absolute atomic E-state index is 0.152. The molecule has 0 saturated carbocycles. The van der Waals surface area contributed by atoms with Crippen molar-refractivity contribution >= 4 is 12.2 Å². The third-order valence-electron chi connectivity index (χ3n) is 5.27. The molecule has 168 valence electrons. The lowest BCUT2D eigenvalue weighted by molar-refractivity contribution is -0.0498. The molecule has 0 amide bonds. The van der Waals surface area contributed by atoms with E-state index in [0.29, 0.717) is 0 Å². The van der Waals surface area contributed by atoms with Crippen LogP contribution in [0.4, 0.5) is 8.78 Å². The molecule has 32 heavy (non-hydrogen) atoms. The molecule has 1 heterocycles. The van der Waals surface area contributed by atoms with Crippen molar-refractivity contribution < 1.29 is 13.5 Å². The van der Waals surface area contributed by atoms with Crippen LogP contribution in [-0.4, -0.2) is 16.6 Å². The van der Waals surface area contributed by atoms with Crippen LogP contribution in [0, 0.1) is 0 Å². The predicted molar refractivity (Wildman–Crippen MR) is 127 cm³/mol. The molecule has 0 spiro atoms. The molecule has 0 bridgehead atoms. The molecular formula is C27H30F2N2O. The van der Waals surface area contributed by atoms with Gasteiger partial charge in [-0.25, -0.2) is 9.97 Å². The number of benzene rings is 2. The summed E-state index contributed by atoms with van der Waals surface area (Å²) < 4.78 is 28.8. The van der Waals surface area contributed by atoms with Gasteiger partial charge in [-0.05, 0) is 41.7 Å². The fourth-order valence-corrected chi connectivity index (χ4v) is 3.44. The van der Waals surface area contributed by atoms with Gasteiger partial charge in [0.05, 0.1) is 0 Å². The third-order valence-corrected chi connectivity index (χ3v) is 5.27. The molecule has 0 fully saturated rings. The summed E-state index contributed by atoms with van der Waals surface area (Å²) in [6.45, 7) is -0.572. The molecule has 0 saturated heterocycles. The highest BCUT2D eigenvalue weighted by Crippen LogP contribution is 2.19. The maximum atomic E-state index is 12.2. The van der Waals surface area contributed by atoms with Crippen molar-refractivity contribution in [1.82, 2.24) is 9.97 Å². The fourth-order valence-electron chi connectivity index (χ4n) is 3.44. The van der Waals surface area contributed by atoms with Crippen LogP contribution in [0.15, 0.2) is 60.9 Å². The number of hydrogen-bond acceptors (Lipinski definition) is 3. The summed E-state index contributed by atoms with van der Waals surface area (Å²) in [6, 6.07) is 14.6.